The van der Waals surface area contributed by atoms with Crippen LogP contribution in [-0.2, 0) is 16.0 Å². The van der Waals surface area contributed by atoms with E-state index in [-0.39, 0.29) is 17.6 Å². The molecule has 5 rings (SSSR count). The van der Waals surface area contributed by atoms with Crippen molar-refractivity contribution in [1.82, 2.24) is 0 Å². The first-order valence-corrected chi connectivity index (χ1v) is 10.9. The molecule has 0 saturated heterocycles. The third kappa shape index (κ3) is 3.20. The topological polar surface area (TPSA) is 69.6 Å². The summed E-state index contributed by atoms with van der Waals surface area (Å²) in [5.74, 6) is -0.638. The van der Waals surface area contributed by atoms with Crippen LogP contribution in [0.1, 0.15) is 24.1 Å². The number of hydrogen-bond donors (Lipinski definition) is 2. The van der Waals surface area contributed by atoms with Crippen LogP contribution in [0, 0.1) is 0 Å². The van der Waals surface area contributed by atoms with Gasteiger partial charge < -0.3 is 10.4 Å². The monoisotopic (exact) mass is 428 g/mol. The Morgan fingerprint density at radius 1 is 0.935 bits per heavy atom. The quantitative estimate of drug-likeness (QED) is 0.572. The Kier molecular flexibility index (Phi) is 4.79. The number of nitrogens with zero attached hydrogens (tertiary/aromatic N) is 1. The highest BCUT2D eigenvalue weighted by Crippen LogP contribution is 2.49. The van der Waals surface area contributed by atoms with Crippen LogP contribution in [0.3, 0.4) is 0 Å². The van der Waals surface area contributed by atoms with Crippen molar-refractivity contribution in [3.05, 3.63) is 94.4 Å². The molecule has 0 radical (unpaired) electrons. The predicted octanol–water partition coefficient (Wildman–Crippen LogP) is 5.04. The Labute approximate surface area is 184 Å². The smallest absolute Gasteiger partial charge is 0.272 e. The molecule has 1 atom stereocenters. The van der Waals surface area contributed by atoms with E-state index in [1.54, 1.807) is 18.2 Å². The van der Waals surface area contributed by atoms with E-state index in [1.807, 2.05) is 54.6 Å². The number of phenols is 1. The van der Waals surface area contributed by atoms with Gasteiger partial charge in [0.25, 0.3) is 11.8 Å². The van der Waals surface area contributed by atoms with Gasteiger partial charge in [0.05, 0.1) is 22.2 Å². The van der Waals surface area contributed by atoms with Crippen molar-refractivity contribution >= 4 is 35.0 Å². The van der Waals surface area contributed by atoms with E-state index < -0.39 is 6.04 Å². The second-order valence-corrected chi connectivity index (χ2v) is 8.50. The number of thioether (sulfide) groups is 1. The van der Waals surface area contributed by atoms with Crippen LogP contribution >= 0.6 is 11.8 Å². The summed E-state index contributed by atoms with van der Waals surface area (Å²) in [6, 6.07) is 21.4. The molecular weight excluding hydrogens is 408 g/mol. The molecule has 0 spiro atoms. The predicted molar refractivity (Wildman–Crippen MR) is 122 cm³/mol. The molecular formula is C25H20N2O3S. The molecule has 2 heterocycles. The van der Waals surface area contributed by atoms with Crippen LogP contribution in [-0.4, -0.2) is 16.9 Å². The Hall–Kier alpha value is -3.51. The summed E-state index contributed by atoms with van der Waals surface area (Å²) in [4.78, 5) is 29.6. The van der Waals surface area contributed by atoms with Gasteiger partial charge in [-0.15, -0.1) is 0 Å². The first-order chi connectivity index (χ1) is 15.1. The first kappa shape index (κ1) is 19.5. The summed E-state index contributed by atoms with van der Waals surface area (Å²) < 4.78 is 0. The van der Waals surface area contributed by atoms with Crippen molar-refractivity contribution in [2.24, 2.45) is 0 Å². The average Bonchev–Trinajstić information content (AvgIpc) is 2.93. The van der Waals surface area contributed by atoms with Gasteiger partial charge >= 0.3 is 0 Å². The standard InChI is InChI=1S/C25H20N2O3S/c1-2-15-11-13-16(14-12-15)27-24(29)21-22(17-7-3-5-9-19(17)28)26-18-8-4-6-10-20(18)31-23(21)25(27)30/h3-14,22,26,28H,2H2,1H3. The van der Waals surface area contributed by atoms with Gasteiger partial charge in [0, 0.05) is 16.1 Å². The molecule has 0 bridgehead atoms. The number of benzene rings is 3. The Morgan fingerprint density at radius 3 is 2.39 bits per heavy atom. The van der Waals surface area contributed by atoms with E-state index in [4.69, 9.17) is 0 Å². The molecule has 0 aliphatic carbocycles. The van der Waals surface area contributed by atoms with E-state index in [0.717, 1.165) is 22.6 Å². The Balaban J connectivity index is 1.65. The molecule has 2 N–H and O–H groups in total. The number of fused-ring (bicyclic) bond motifs is 1. The number of carbonyl (C=O) groups excluding carboxylic acids is 2. The zero-order chi connectivity index (χ0) is 21.5. The summed E-state index contributed by atoms with van der Waals surface area (Å²) in [5, 5.41) is 13.9. The van der Waals surface area contributed by atoms with Crippen LogP contribution in [0.4, 0.5) is 11.4 Å². The Morgan fingerprint density at radius 2 is 1.65 bits per heavy atom. The number of amides is 2. The highest BCUT2D eigenvalue weighted by atomic mass is 32.2. The number of imide groups is 1. The number of carbonyl (C=O) groups is 2. The zero-order valence-electron chi connectivity index (χ0n) is 16.8. The van der Waals surface area contributed by atoms with Crippen molar-refractivity contribution in [2.75, 3.05) is 10.2 Å². The molecule has 2 aliphatic rings. The van der Waals surface area contributed by atoms with Gasteiger partial charge in [0.2, 0.25) is 0 Å². The fraction of sp³-hybridized carbons (Fsp3) is 0.120. The molecule has 2 aliphatic heterocycles. The number of nitrogens with one attached hydrogen (secondary N) is 1. The van der Waals surface area contributed by atoms with Gasteiger partial charge in [-0.3, -0.25) is 9.59 Å². The van der Waals surface area contributed by atoms with Gasteiger partial charge in [-0.2, -0.15) is 0 Å². The highest BCUT2D eigenvalue weighted by Gasteiger charge is 2.45. The second kappa shape index (κ2) is 7.63. The van der Waals surface area contributed by atoms with Crippen LogP contribution in [0.25, 0.3) is 0 Å². The number of rotatable bonds is 3. The number of anilines is 2. The second-order valence-electron chi connectivity index (χ2n) is 7.44. The largest absolute Gasteiger partial charge is 0.508 e. The molecule has 0 aromatic heterocycles. The van der Waals surface area contributed by atoms with Crippen LogP contribution in [0.15, 0.2) is 88.2 Å². The number of aromatic hydroxyl groups is 1. The summed E-state index contributed by atoms with van der Waals surface area (Å²) in [7, 11) is 0. The van der Waals surface area contributed by atoms with Crippen LogP contribution < -0.4 is 10.2 Å². The molecule has 31 heavy (non-hydrogen) atoms. The van der Waals surface area contributed by atoms with Gasteiger partial charge in [0.1, 0.15) is 5.75 Å². The van der Waals surface area contributed by atoms with Crippen molar-refractivity contribution in [2.45, 2.75) is 24.3 Å². The van der Waals surface area contributed by atoms with E-state index in [0.29, 0.717) is 21.7 Å². The summed E-state index contributed by atoms with van der Waals surface area (Å²) in [6.07, 6.45) is 0.878. The molecule has 1 unspecified atom stereocenters. The maximum Gasteiger partial charge on any atom is 0.272 e. The number of aryl methyl sites for hydroxylation is 1. The summed E-state index contributed by atoms with van der Waals surface area (Å²) >= 11 is 1.29. The highest BCUT2D eigenvalue weighted by molar-refractivity contribution is 8.04. The van der Waals surface area contributed by atoms with Crippen molar-refractivity contribution in [3.63, 3.8) is 0 Å². The van der Waals surface area contributed by atoms with Crippen LogP contribution in [0.5, 0.6) is 5.75 Å². The molecule has 0 fully saturated rings. The zero-order valence-corrected chi connectivity index (χ0v) is 17.6. The van der Waals surface area contributed by atoms with Crippen molar-refractivity contribution < 1.29 is 14.7 Å². The lowest BCUT2D eigenvalue weighted by Gasteiger charge is -2.23. The van der Waals surface area contributed by atoms with Gasteiger partial charge in [-0.25, -0.2) is 4.90 Å². The SMILES string of the molecule is CCc1ccc(N2C(=O)C3=C(C2=O)C(c2ccccc2O)Nc2ccccc2S3)cc1. The average molecular weight is 429 g/mol. The lowest BCUT2D eigenvalue weighted by molar-refractivity contribution is -0.120. The number of para-hydroxylation sites is 2. The molecule has 5 nitrogen and oxygen atoms in total. The lowest BCUT2D eigenvalue weighted by Crippen LogP contribution is -2.33. The minimum Gasteiger partial charge on any atom is -0.508 e. The third-order valence-electron chi connectivity index (χ3n) is 5.61. The lowest BCUT2D eigenvalue weighted by atomic mass is 9.97. The van der Waals surface area contributed by atoms with E-state index in [1.165, 1.54) is 16.7 Å². The minimum atomic E-state index is -0.649. The van der Waals surface area contributed by atoms with Gasteiger partial charge in [0.15, 0.2) is 0 Å². The Bertz CT molecular complexity index is 1230. The molecule has 0 saturated carbocycles. The summed E-state index contributed by atoms with van der Waals surface area (Å²) in [6.45, 7) is 2.06. The van der Waals surface area contributed by atoms with Crippen molar-refractivity contribution in [1.29, 1.82) is 0 Å². The van der Waals surface area contributed by atoms with E-state index in [2.05, 4.69) is 12.2 Å². The summed E-state index contributed by atoms with van der Waals surface area (Å²) in [5.41, 5.74) is 3.40. The fourth-order valence-corrected chi connectivity index (χ4v) is 5.07. The molecule has 154 valence electrons. The molecule has 3 aromatic rings. The number of phenolic OH excluding ortho intramolecular Hbond substituents is 1. The van der Waals surface area contributed by atoms with Gasteiger partial charge in [-0.05, 0) is 42.3 Å². The molecule has 2 amide bonds. The maximum atomic E-state index is 13.6. The fourth-order valence-electron chi connectivity index (χ4n) is 3.97. The van der Waals surface area contributed by atoms with E-state index >= 15 is 0 Å². The number of hydrogen-bond acceptors (Lipinski definition) is 5. The molecule has 6 heteroatoms. The van der Waals surface area contributed by atoms with Crippen molar-refractivity contribution in [3.8, 4) is 5.75 Å². The normalized spacial score (nSPS) is 17.8. The minimum absolute atomic E-state index is 0.0715. The van der Waals surface area contributed by atoms with Gasteiger partial charge in [-0.1, -0.05) is 61.2 Å². The van der Waals surface area contributed by atoms with Crippen LogP contribution in [0.2, 0.25) is 0 Å². The van der Waals surface area contributed by atoms with E-state index in [9.17, 15) is 14.7 Å². The maximum absolute atomic E-state index is 13.6. The first-order valence-electron chi connectivity index (χ1n) is 10.1. The molecule has 3 aromatic carbocycles. The third-order valence-corrected chi connectivity index (χ3v) is 6.79.